The predicted molar refractivity (Wildman–Crippen MR) is 114 cm³/mol. The first kappa shape index (κ1) is 20.6. The quantitative estimate of drug-likeness (QED) is 0.645. The Kier molecular flexibility index (Phi) is 7.05. The maximum absolute atomic E-state index is 12.7. The molecule has 1 aliphatic rings. The number of nitrogens with zero attached hydrogens (tertiary/aromatic N) is 2. The maximum atomic E-state index is 12.7. The molecular formula is C22H28N4O3. The van der Waals surface area contributed by atoms with E-state index < -0.39 is 0 Å². The second-order valence-corrected chi connectivity index (χ2v) is 6.99. The third kappa shape index (κ3) is 5.70. The van der Waals surface area contributed by atoms with Crippen molar-refractivity contribution in [2.75, 3.05) is 31.4 Å². The van der Waals surface area contributed by atoms with Gasteiger partial charge in [0.25, 0.3) is 5.91 Å². The summed E-state index contributed by atoms with van der Waals surface area (Å²) >= 11 is 0. The van der Waals surface area contributed by atoms with Crippen LogP contribution in [-0.2, 0) is 0 Å². The van der Waals surface area contributed by atoms with E-state index in [1.807, 2.05) is 0 Å². The zero-order valence-electron chi connectivity index (χ0n) is 17.2. The molecule has 7 heteroatoms. The van der Waals surface area contributed by atoms with Crippen LogP contribution in [0.3, 0.4) is 0 Å². The highest BCUT2D eigenvalue weighted by molar-refractivity contribution is 6.03. The molecule has 2 N–H and O–H groups in total. The maximum Gasteiger partial charge on any atom is 0.274 e. The van der Waals surface area contributed by atoms with Crippen molar-refractivity contribution in [3.05, 3.63) is 47.4 Å². The van der Waals surface area contributed by atoms with Crippen molar-refractivity contribution in [3.63, 3.8) is 0 Å². The van der Waals surface area contributed by atoms with Crippen LogP contribution in [0.1, 0.15) is 48.4 Å². The summed E-state index contributed by atoms with van der Waals surface area (Å²) in [7, 11) is 3.12. The Morgan fingerprint density at radius 1 is 1.10 bits per heavy atom. The van der Waals surface area contributed by atoms with Crippen molar-refractivity contribution in [3.8, 4) is 11.5 Å². The first-order valence-electron chi connectivity index (χ1n) is 9.90. The summed E-state index contributed by atoms with van der Waals surface area (Å²) in [6.45, 7) is 2.57. The average Bonchev–Trinajstić information content (AvgIpc) is 2.74. The van der Waals surface area contributed by atoms with Gasteiger partial charge in [0.1, 0.15) is 17.3 Å². The van der Waals surface area contributed by atoms with E-state index in [2.05, 4.69) is 26.7 Å². The second-order valence-electron chi connectivity index (χ2n) is 6.99. The Labute approximate surface area is 171 Å². The molecule has 29 heavy (non-hydrogen) atoms. The van der Waals surface area contributed by atoms with Gasteiger partial charge in [-0.2, -0.15) is 0 Å². The molecule has 7 nitrogen and oxygen atoms in total. The summed E-state index contributed by atoms with van der Waals surface area (Å²) in [5, 5.41) is 6.16. The minimum absolute atomic E-state index is 0.305. The van der Waals surface area contributed by atoms with E-state index in [0.29, 0.717) is 34.5 Å². The number of ether oxygens (including phenoxy) is 2. The van der Waals surface area contributed by atoms with Gasteiger partial charge in [-0.05, 0) is 51.2 Å². The zero-order valence-corrected chi connectivity index (χ0v) is 17.2. The number of amides is 1. The van der Waals surface area contributed by atoms with Crippen molar-refractivity contribution in [2.24, 2.45) is 0 Å². The Morgan fingerprint density at radius 3 is 2.66 bits per heavy atom. The summed E-state index contributed by atoms with van der Waals surface area (Å²) in [5.74, 6) is 2.04. The van der Waals surface area contributed by atoms with E-state index in [0.717, 1.165) is 13.0 Å². The van der Waals surface area contributed by atoms with Crippen molar-refractivity contribution >= 4 is 17.4 Å². The Morgan fingerprint density at radius 2 is 1.93 bits per heavy atom. The number of hydrogen-bond acceptors (Lipinski definition) is 6. The number of carbonyl (C=O) groups is 1. The van der Waals surface area contributed by atoms with Crippen LogP contribution in [-0.4, -0.2) is 36.6 Å². The van der Waals surface area contributed by atoms with E-state index in [4.69, 9.17) is 9.47 Å². The van der Waals surface area contributed by atoms with Gasteiger partial charge in [-0.15, -0.1) is 0 Å². The lowest BCUT2D eigenvalue weighted by atomic mass is 9.97. The number of hydrogen-bond donors (Lipinski definition) is 2. The SMILES string of the molecule is COc1ccc(NC(=O)c2cc(NCCC3=CCCCC3)nc(C)n2)cc1OC. The van der Waals surface area contributed by atoms with Crippen LogP contribution in [0.15, 0.2) is 35.9 Å². The van der Waals surface area contributed by atoms with E-state index >= 15 is 0 Å². The first-order valence-corrected chi connectivity index (χ1v) is 9.90. The molecule has 0 bridgehead atoms. The molecule has 154 valence electrons. The number of nitrogens with one attached hydrogen (secondary N) is 2. The van der Waals surface area contributed by atoms with Gasteiger partial charge in [0.2, 0.25) is 0 Å². The van der Waals surface area contributed by atoms with E-state index in [9.17, 15) is 4.79 Å². The molecular weight excluding hydrogens is 368 g/mol. The Balaban J connectivity index is 1.65. The molecule has 0 radical (unpaired) electrons. The van der Waals surface area contributed by atoms with Crippen molar-refractivity contribution in [2.45, 2.75) is 39.0 Å². The molecule has 1 aromatic heterocycles. The molecule has 2 aromatic rings. The second kappa shape index (κ2) is 9.91. The summed E-state index contributed by atoms with van der Waals surface area (Å²) in [5.41, 5.74) is 2.41. The van der Waals surface area contributed by atoms with Gasteiger partial charge in [0.15, 0.2) is 11.5 Å². The number of aromatic nitrogens is 2. The minimum Gasteiger partial charge on any atom is -0.493 e. The molecule has 0 unspecified atom stereocenters. The van der Waals surface area contributed by atoms with E-state index in [-0.39, 0.29) is 5.91 Å². The fraction of sp³-hybridized carbons (Fsp3) is 0.409. The number of benzene rings is 1. The molecule has 0 aliphatic heterocycles. The Hall–Kier alpha value is -3.09. The van der Waals surface area contributed by atoms with Gasteiger partial charge in [-0.1, -0.05) is 11.6 Å². The molecule has 0 fully saturated rings. The molecule has 0 saturated heterocycles. The van der Waals surface area contributed by atoms with Gasteiger partial charge >= 0.3 is 0 Å². The van der Waals surface area contributed by atoms with Gasteiger partial charge < -0.3 is 20.1 Å². The summed E-state index contributed by atoms with van der Waals surface area (Å²) < 4.78 is 10.5. The van der Waals surface area contributed by atoms with Crippen molar-refractivity contribution in [1.29, 1.82) is 0 Å². The van der Waals surface area contributed by atoms with Crippen LogP contribution >= 0.6 is 0 Å². The van der Waals surface area contributed by atoms with Crippen LogP contribution in [0.25, 0.3) is 0 Å². The van der Waals surface area contributed by atoms with Crippen molar-refractivity contribution in [1.82, 2.24) is 9.97 Å². The number of allylic oxidation sites excluding steroid dienone is 1. The smallest absolute Gasteiger partial charge is 0.274 e. The van der Waals surface area contributed by atoms with Crippen LogP contribution in [0, 0.1) is 6.92 Å². The summed E-state index contributed by atoms with van der Waals surface area (Å²) in [6.07, 6.45) is 8.28. The molecule has 3 rings (SSSR count). The fourth-order valence-corrected chi connectivity index (χ4v) is 3.37. The van der Waals surface area contributed by atoms with Gasteiger partial charge in [0, 0.05) is 24.4 Å². The van der Waals surface area contributed by atoms with Gasteiger partial charge in [-0.25, -0.2) is 9.97 Å². The highest BCUT2D eigenvalue weighted by Crippen LogP contribution is 2.30. The number of aryl methyl sites for hydroxylation is 1. The monoisotopic (exact) mass is 396 g/mol. The lowest BCUT2D eigenvalue weighted by Gasteiger charge is -2.14. The number of carbonyl (C=O) groups excluding carboxylic acids is 1. The van der Waals surface area contributed by atoms with Crippen LogP contribution in [0.4, 0.5) is 11.5 Å². The first-order chi connectivity index (χ1) is 14.1. The molecule has 0 saturated carbocycles. The van der Waals surface area contributed by atoms with Gasteiger partial charge in [-0.3, -0.25) is 4.79 Å². The lowest BCUT2D eigenvalue weighted by molar-refractivity contribution is 0.102. The number of rotatable bonds is 8. The molecule has 0 spiro atoms. The summed E-state index contributed by atoms with van der Waals surface area (Å²) in [4.78, 5) is 21.4. The normalized spacial score (nSPS) is 13.4. The zero-order chi connectivity index (χ0) is 20.6. The fourth-order valence-electron chi connectivity index (χ4n) is 3.37. The molecule has 1 heterocycles. The van der Waals surface area contributed by atoms with E-state index in [1.54, 1.807) is 45.4 Å². The molecule has 1 aromatic carbocycles. The standard InChI is InChI=1S/C22H28N4O3/c1-15-24-18(14-21(25-15)23-12-11-16-7-5-4-6-8-16)22(27)26-17-9-10-19(28-2)20(13-17)29-3/h7,9-10,13-14H,4-6,8,11-12H2,1-3H3,(H,26,27)(H,23,24,25). The van der Waals surface area contributed by atoms with Crippen LogP contribution < -0.4 is 20.1 Å². The van der Waals surface area contributed by atoms with E-state index in [1.165, 1.54) is 31.3 Å². The lowest BCUT2D eigenvalue weighted by Crippen LogP contribution is -2.16. The number of methoxy groups -OCH3 is 2. The Bertz CT molecular complexity index is 896. The largest absolute Gasteiger partial charge is 0.493 e. The average molecular weight is 396 g/mol. The third-order valence-corrected chi connectivity index (χ3v) is 4.85. The molecule has 0 atom stereocenters. The topological polar surface area (TPSA) is 85.4 Å². The summed E-state index contributed by atoms with van der Waals surface area (Å²) in [6, 6.07) is 6.89. The highest BCUT2D eigenvalue weighted by Gasteiger charge is 2.13. The van der Waals surface area contributed by atoms with Crippen molar-refractivity contribution < 1.29 is 14.3 Å². The highest BCUT2D eigenvalue weighted by atomic mass is 16.5. The van der Waals surface area contributed by atoms with Crippen LogP contribution in [0.5, 0.6) is 11.5 Å². The molecule has 1 aliphatic carbocycles. The van der Waals surface area contributed by atoms with Crippen LogP contribution in [0.2, 0.25) is 0 Å². The number of anilines is 2. The molecule has 1 amide bonds. The minimum atomic E-state index is -0.305. The predicted octanol–water partition coefficient (Wildman–Crippen LogP) is 4.36. The third-order valence-electron chi connectivity index (χ3n) is 4.85. The van der Waals surface area contributed by atoms with Gasteiger partial charge in [0.05, 0.1) is 14.2 Å².